The first kappa shape index (κ1) is 15.7. The molecule has 2 rings (SSSR count). The third kappa shape index (κ3) is 3.69. The molecule has 1 aromatic carbocycles. The number of hydrogen-bond acceptors (Lipinski definition) is 3. The van der Waals surface area contributed by atoms with E-state index in [0.29, 0.717) is 12.5 Å². The number of rotatable bonds is 4. The molecule has 0 saturated heterocycles. The van der Waals surface area contributed by atoms with E-state index >= 15 is 0 Å². The van der Waals surface area contributed by atoms with Gasteiger partial charge < -0.3 is 10.3 Å². The fourth-order valence-corrected chi connectivity index (χ4v) is 2.89. The normalized spacial score (nSPS) is 15.8. The Morgan fingerprint density at radius 3 is 2.38 bits per heavy atom. The number of nitrogens with one attached hydrogen (secondary N) is 1. The Balaban J connectivity index is 2.08. The van der Waals surface area contributed by atoms with Gasteiger partial charge in [0.15, 0.2) is 11.6 Å². The van der Waals surface area contributed by atoms with E-state index < -0.39 is 17.3 Å². The predicted molar refractivity (Wildman–Crippen MR) is 77.7 cm³/mol. The Kier molecular flexibility index (Phi) is 5.12. The minimum Gasteiger partial charge on any atom is -0.341 e. The lowest BCUT2D eigenvalue weighted by Gasteiger charge is -2.27. The third-order valence-electron chi connectivity index (χ3n) is 4.04. The number of anilines is 1. The molecular formula is C15H21F2N3O. The van der Waals surface area contributed by atoms with Gasteiger partial charge in [-0.1, -0.05) is 19.3 Å². The Morgan fingerprint density at radius 1 is 1.29 bits per heavy atom. The second-order valence-corrected chi connectivity index (χ2v) is 5.65. The SMILES string of the molecule is CN(CC1CCCCC1)C(=O)c1cc(F)c(NN)c(F)c1. The number of nitrogens with two attached hydrogens (primary N) is 1. The van der Waals surface area contributed by atoms with E-state index in [1.165, 1.54) is 19.3 Å². The number of amides is 1. The highest BCUT2D eigenvalue weighted by Crippen LogP contribution is 2.25. The molecule has 0 unspecified atom stereocenters. The predicted octanol–water partition coefficient (Wildman–Crippen LogP) is 2.90. The zero-order valence-electron chi connectivity index (χ0n) is 12.2. The molecule has 0 aliphatic heterocycles. The lowest BCUT2D eigenvalue weighted by molar-refractivity contribution is 0.0759. The number of carbonyl (C=O) groups is 1. The Hall–Kier alpha value is -1.69. The van der Waals surface area contributed by atoms with Gasteiger partial charge in [-0.25, -0.2) is 8.78 Å². The molecule has 1 fully saturated rings. The summed E-state index contributed by atoms with van der Waals surface area (Å²) >= 11 is 0. The van der Waals surface area contributed by atoms with Gasteiger partial charge in [0.05, 0.1) is 0 Å². The molecule has 0 bridgehead atoms. The van der Waals surface area contributed by atoms with E-state index in [1.807, 2.05) is 5.43 Å². The van der Waals surface area contributed by atoms with E-state index in [4.69, 9.17) is 5.84 Å². The van der Waals surface area contributed by atoms with E-state index in [1.54, 1.807) is 11.9 Å². The summed E-state index contributed by atoms with van der Waals surface area (Å²) in [5, 5.41) is 0. The van der Waals surface area contributed by atoms with Gasteiger partial charge in [-0.05, 0) is 30.9 Å². The molecule has 6 heteroatoms. The number of benzene rings is 1. The molecule has 21 heavy (non-hydrogen) atoms. The number of carbonyl (C=O) groups excluding carboxylic acids is 1. The van der Waals surface area contributed by atoms with Crippen molar-refractivity contribution in [2.24, 2.45) is 11.8 Å². The Labute approximate surface area is 123 Å². The van der Waals surface area contributed by atoms with Crippen LogP contribution in [-0.4, -0.2) is 24.4 Å². The van der Waals surface area contributed by atoms with Gasteiger partial charge >= 0.3 is 0 Å². The van der Waals surface area contributed by atoms with Gasteiger partial charge in [-0.15, -0.1) is 0 Å². The molecule has 1 aliphatic carbocycles. The highest BCUT2D eigenvalue weighted by atomic mass is 19.1. The van der Waals surface area contributed by atoms with Crippen molar-refractivity contribution < 1.29 is 13.6 Å². The minimum atomic E-state index is -0.869. The van der Waals surface area contributed by atoms with Crippen molar-refractivity contribution in [3.05, 3.63) is 29.3 Å². The zero-order valence-corrected chi connectivity index (χ0v) is 12.2. The highest BCUT2D eigenvalue weighted by Gasteiger charge is 2.21. The lowest BCUT2D eigenvalue weighted by Crippen LogP contribution is -2.32. The number of halogens is 2. The summed E-state index contributed by atoms with van der Waals surface area (Å²) in [5.41, 5.74) is 1.52. The van der Waals surface area contributed by atoms with Crippen LogP contribution < -0.4 is 11.3 Å². The van der Waals surface area contributed by atoms with Gasteiger partial charge in [0.25, 0.3) is 5.91 Å². The van der Waals surface area contributed by atoms with Crippen molar-refractivity contribution in [3.63, 3.8) is 0 Å². The molecule has 1 amide bonds. The van der Waals surface area contributed by atoms with E-state index in [2.05, 4.69) is 0 Å². The minimum absolute atomic E-state index is 0.00214. The quantitative estimate of drug-likeness (QED) is 0.663. The maximum atomic E-state index is 13.6. The number of hydrogen-bond donors (Lipinski definition) is 2. The second-order valence-electron chi connectivity index (χ2n) is 5.65. The van der Waals surface area contributed by atoms with Crippen LogP contribution in [0.2, 0.25) is 0 Å². The van der Waals surface area contributed by atoms with Crippen LogP contribution in [0.1, 0.15) is 42.5 Å². The fraction of sp³-hybridized carbons (Fsp3) is 0.533. The van der Waals surface area contributed by atoms with E-state index in [9.17, 15) is 13.6 Å². The third-order valence-corrected chi connectivity index (χ3v) is 4.04. The number of nitrogen functional groups attached to an aromatic ring is 1. The first-order valence-corrected chi connectivity index (χ1v) is 7.24. The summed E-state index contributed by atoms with van der Waals surface area (Å²) in [4.78, 5) is 13.8. The summed E-state index contributed by atoms with van der Waals surface area (Å²) < 4.78 is 27.3. The molecule has 0 heterocycles. The summed E-state index contributed by atoms with van der Waals surface area (Å²) in [5.74, 6) is 3.40. The van der Waals surface area contributed by atoms with Crippen molar-refractivity contribution in [2.45, 2.75) is 32.1 Å². The van der Waals surface area contributed by atoms with Crippen molar-refractivity contribution in [1.29, 1.82) is 0 Å². The van der Waals surface area contributed by atoms with Crippen LogP contribution in [0, 0.1) is 17.6 Å². The average molecular weight is 297 g/mol. The molecule has 0 radical (unpaired) electrons. The van der Waals surface area contributed by atoms with Crippen LogP contribution in [0.25, 0.3) is 0 Å². The van der Waals surface area contributed by atoms with Gasteiger partial charge in [0.1, 0.15) is 5.69 Å². The van der Waals surface area contributed by atoms with Gasteiger partial charge in [0.2, 0.25) is 0 Å². The maximum absolute atomic E-state index is 13.6. The van der Waals surface area contributed by atoms with Crippen molar-refractivity contribution in [3.8, 4) is 0 Å². The van der Waals surface area contributed by atoms with E-state index in [0.717, 1.165) is 25.0 Å². The maximum Gasteiger partial charge on any atom is 0.253 e. The fourth-order valence-electron chi connectivity index (χ4n) is 2.89. The average Bonchev–Trinajstić information content (AvgIpc) is 2.47. The molecule has 3 N–H and O–H groups in total. The van der Waals surface area contributed by atoms with Gasteiger partial charge in [-0.2, -0.15) is 0 Å². The first-order valence-electron chi connectivity index (χ1n) is 7.24. The Morgan fingerprint density at radius 2 is 1.86 bits per heavy atom. The molecular weight excluding hydrogens is 276 g/mol. The van der Waals surface area contributed by atoms with Crippen LogP contribution in [0.4, 0.5) is 14.5 Å². The van der Waals surface area contributed by atoms with E-state index in [-0.39, 0.29) is 11.5 Å². The molecule has 0 aromatic heterocycles. The topological polar surface area (TPSA) is 58.4 Å². The molecule has 116 valence electrons. The molecule has 0 spiro atoms. The largest absolute Gasteiger partial charge is 0.341 e. The highest BCUT2D eigenvalue weighted by molar-refractivity contribution is 5.94. The standard InChI is InChI=1S/C15H21F2N3O/c1-20(9-10-5-3-2-4-6-10)15(21)11-7-12(16)14(19-18)13(17)8-11/h7-8,10,19H,2-6,9,18H2,1H3. The van der Waals surface area contributed by atoms with Gasteiger partial charge in [0, 0.05) is 19.2 Å². The number of hydrazine groups is 1. The lowest BCUT2D eigenvalue weighted by atomic mass is 9.89. The van der Waals surface area contributed by atoms with Crippen LogP contribution in [-0.2, 0) is 0 Å². The summed E-state index contributed by atoms with van der Waals surface area (Å²) in [7, 11) is 1.67. The zero-order chi connectivity index (χ0) is 15.4. The molecule has 1 saturated carbocycles. The molecule has 0 atom stereocenters. The van der Waals surface area contributed by atoms with Crippen LogP contribution >= 0.6 is 0 Å². The van der Waals surface area contributed by atoms with Crippen molar-refractivity contribution in [2.75, 3.05) is 19.0 Å². The summed E-state index contributed by atoms with van der Waals surface area (Å²) in [6.45, 7) is 0.624. The second kappa shape index (κ2) is 6.85. The molecule has 1 aromatic rings. The molecule has 4 nitrogen and oxygen atoms in total. The van der Waals surface area contributed by atoms with Crippen LogP contribution in [0.3, 0.4) is 0 Å². The Bertz CT molecular complexity index is 493. The summed E-state index contributed by atoms with van der Waals surface area (Å²) in [6, 6.07) is 2.02. The first-order chi connectivity index (χ1) is 10.0. The smallest absolute Gasteiger partial charge is 0.253 e. The monoisotopic (exact) mass is 297 g/mol. The molecule has 1 aliphatic rings. The number of nitrogens with zero attached hydrogens (tertiary/aromatic N) is 1. The summed E-state index contributed by atoms with van der Waals surface area (Å²) in [6.07, 6.45) is 5.84. The van der Waals surface area contributed by atoms with Crippen LogP contribution in [0.15, 0.2) is 12.1 Å². The van der Waals surface area contributed by atoms with Crippen LogP contribution in [0.5, 0.6) is 0 Å². The van der Waals surface area contributed by atoms with Crippen molar-refractivity contribution >= 4 is 11.6 Å². The van der Waals surface area contributed by atoms with Gasteiger partial charge in [-0.3, -0.25) is 10.6 Å². The van der Waals surface area contributed by atoms with Crippen molar-refractivity contribution in [1.82, 2.24) is 4.90 Å².